The number of hydrogen-bond donors (Lipinski definition) is 3. The largest absolute Gasteiger partial charge is 0.466 e. The van der Waals surface area contributed by atoms with Crippen LogP contribution >= 0.6 is 0 Å². The van der Waals surface area contributed by atoms with Crippen LogP contribution in [0.1, 0.15) is 52.9 Å². The van der Waals surface area contributed by atoms with Gasteiger partial charge in [0.2, 0.25) is 12.3 Å². The minimum atomic E-state index is -0.247. The highest BCUT2D eigenvalue weighted by Crippen LogP contribution is 1.91. The lowest BCUT2D eigenvalue weighted by molar-refractivity contribution is -0.143. The number of esters is 1. The second-order valence-corrected chi connectivity index (χ2v) is 4.65. The number of nitrogens with one attached hydrogen (secondary N) is 2. The molecule has 2 amide bonds. The van der Waals surface area contributed by atoms with Gasteiger partial charge in [-0.3, -0.25) is 14.4 Å². The molecular formula is C15H31N3O4. The van der Waals surface area contributed by atoms with Crippen LogP contribution in [0.15, 0.2) is 0 Å². The molecule has 0 heterocycles. The van der Waals surface area contributed by atoms with Crippen molar-refractivity contribution in [3.63, 3.8) is 0 Å². The maximum atomic E-state index is 10.7. The molecular weight excluding hydrogens is 286 g/mol. The fraction of sp³-hybridized carbons (Fsp3) is 0.800. The number of ether oxygens (including phenoxy) is 1. The Morgan fingerprint density at radius 3 is 2.32 bits per heavy atom. The quantitative estimate of drug-likeness (QED) is 0.279. The minimum absolute atomic E-state index is 0.137. The average molecular weight is 317 g/mol. The van der Waals surface area contributed by atoms with E-state index in [0.29, 0.717) is 32.4 Å². The predicted molar refractivity (Wildman–Crippen MR) is 86.1 cm³/mol. The van der Waals surface area contributed by atoms with Gasteiger partial charge in [-0.15, -0.1) is 0 Å². The van der Waals surface area contributed by atoms with Crippen molar-refractivity contribution in [3.05, 3.63) is 0 Å². The maximum absolute atomic E-state index is 10.7. The van der Waals surface area contributed by atoms with Crippen LogP contribution in [-0.4, -0.2) is 44.0 Å². The third-order valence-electron chi connectivity index (χ3n) is 2.76. The standard InChI is InChI=1S/C8H18N2O.C7H13NO3/c1-3-5-6-10-7(4-2)8(9)11;1-2-11-7(10)4-3-5-8-6-9/h7,10H,3-6H2,1-2H3,(H2,9,11);6H,2-5H2,1H3,(H,8,9). The van der Waals surface area contributed by atoms with Gasteiger partial charge in [0, 0.05) is 13.0 Å². The summed E-state index contributed by atoms with van der Waals surface area (Å²) in [5.74, 6) is -0.455. The topological polar surface area (TPSA) is 111 Å². The second-order valence-electron chi connectivity index (χ2n) is 4.65. The number of carbonyl (C=O) groups excluding carboxylic acids is 3. The lowest BCUT2D eigenvalue weighted by Gasteiger charge is -2.11. The third-order valence-corrected chi connectivity index (χ3v) is 2.76. The smallest absolute Gasteiger partial charge is 0.305 e. The van der Waals surface area contributed by atoms with E-state index in [9.17, 15) is 14.4 Å². The van der Waals surface area contributed by atoms with Crippen LogP contribution in [-0.2, 0) is 19.1 Å². The summed E-state index contributed by atoms with van der Waals surface area (Å²) >= 11 is 0. The Balaban J connectivity index is 0. The molecule has 7 nitrogen and oxygen atoms in total. The summed E-state index contributed by atoms with van der Waals surface area (Å²) in [5, 5.41) is 5.55. The molecule has 0 rings (SSSR count). The molecule has 0 bridgehead atoms. The zero-order chi connectivity index (χ0) is 17.2. The summed E-state index contributed by atoms with van der Waals surface area (Å²) in [6.45, 7) is 7.67. The van der Waals surface area contributed by atoms with Gasteiger partial charge < -0.3 is 21.1 Å². The zero-order valence-electron chi connectivity index (χ0n) is 14.0. The van der Waals surface area contributed by atoms with Crippen LogP contribution in [0.25, 0.3) is 0 Å². The molecule has 0 aromatic carbocycles. The Bertz CT molecular complexity index is 299. The van der Waals surface area contributed by atoms with Crippen molar-refractivity contribution in [1.82, 2.24) is 10.6 Å². The molecule has 0 saturated heterocycles. The second kappa shape index (κ2) is 17.4. The average Bonchev–Trinajstić information content (AvgIpc) is 2.49. The van der Waals surface area contributed by atoms with Crippen LogP contribution in [0, 0.1) is 0 Å². The van der Waals surface area contributed by atoms with Crippen molar-refractivity contribution in [3.8, 4) is 0 Å². The van der Waals surface area contributed by atoms with Gasteiger partial charge in [0.15, 0.2) is 0 Å². The molecule has 0 aromatic rings. The first-order chi connectivity index (χ1) is 10.5. The number of rotatable bonds is 12. The first-order valence-corrected chi connectivity index (χ1v) is 7.88. The van der Waals surface area contributed by atoms with Crippen molar-refractivity contribution in [1.29, 1.82) is 0 Å². The molecule has 0 saturated carbocycles. The normalized spacial score (nSPS) is 10.9. The van der Waals surface area contributed by atoms with Crippen LogP contribution in [0.4, 0.5) is 0 Å². The molecule has 0 aliphatic rings. The summed E-state index contributed by atoms with van der Waals surface area (Å²) in [6, 6.07) is -0.137. The van der Waals surface area contributed by atoms with E-state index >= 15 is 0 Å². The van der Waals surface area contributed by atoms with E-state index in [2.05, 4.69) is 22.3 Å². The fourth-order valence-corrected chi connectivity index (χ4v) is 1.53. The Labute approximate surface area is 133 Å². The summed E-state index contributed by atoms with van der Waals surface area (Å²) in [7, 11) is 0. The van der Waals surface area contributed by atoms with Gasteiger partial charge in [0.1, 0.15) is 0 Å². The molecule has 7 heteroatoms. The minimum Gasteiger partial charge on any atom is -0.466 e. The van der Waals surface area contributed by atoms with Gasteiger partial charge in [-0.1, -0.05) is 20.3 Å². The SMILES string of the molecule is CCCCNC(CC)C(N)=O.CCOC(=O)CCCNC=O. The summed E-state index contributed by atoms with van der Waals surface area (Å²) < 4.78 is 4.67. The highest BCUT2D eigenvalue weighted by Gasteiger charge is 2.09. The van der Waals surface area contributed by atoms with Gasteiger partial charge >= 0.3 is 5.97 Å². The van der Waals surface area contributed by atoms with E-state index in [4.69, 9.17) is 5.73 Å². The molecule has 0 spiro atoms. The molecule has 0 aromatic heterocycles. The zero-order valence-corrected chi connectivity index (χ0v) is 14.0. The molecule has 22 heavy (non-hydrogen) atoms. The molecule has 0 aliphatic carbocycles. The molecule has 4 N–H and O–H groups in total. The van der Waals surface area contributed by atoms with Gasteiger partial charge in [0.25, 0.3) is 0 Å². The van der Waals surface area contributed by atoms with Crippen LogP contribution in [0.3, 0.4) is 0 Å². The highest BCUT2D eigenvalue weighted by atomic mass is 16.5. The summed E-state index contributed by atoms with van der Waals surface area (Å²) in [5.41, 5.74) is 5.13. The summed E-state index contributed by atoms with van der Waals surface area (Å²) in [4.78, 5) is 31.1. The number of nitrogens with two attached hydrogens (primary N) is 1. The Morgan fingerprint density at radius 2 is 1.86 bits per heavy atom. The van der Waals surface area contributed by atoms with Crippen LogP contribution in [0.5, 0.6) is 0 Å². The highest BCUT2D eigenvalue weighted by molar-refractivity contribution is 5.79. The fourth-order valence-electron chi connectivity index (χ4n) is 1.53. The Kier molecular flexibility index (Phi) is 17.9. The third kappa shape index (κ3) is 16.4. The Morgan fingerprint density at radius 1 is 1.18 bits per heavy atom. The van der Waals surface area contributed by atoms with Gasteiger partial charge in [-0.25, -0.2) is 0 Å². The number of amides is 2. The monoisotopic (exact) mass is 317 g/mol. The number of carbonyl (C=O) groups is 3. The first kappa shape index (κ1) is 22.6. The molecule has 1 atom stereocenters. The predicted octanol–water partition coefficient (Wildman–Crippen LogP) is 0.716. The maximum Gasteiger partial charge on any atom is 0.305 e. The van der Waals surface area contributed by atoms with E-state index in [1.807, 2.05) is 6.92 Å². The van der Waals surface area contributed by atoms with E-state index in [0.717, 1.165) is 25.8 Å². The molecule has 130 valence electrons. The van der Waals surface area contributed by atoms with Crippen molar-refractivity contribution >= 4 is 18.3 Å². The lowest BCUT2D eigenvalue weighted by atomic mass is 10.2. The summed E-state index contributed by atoms with van der Waals surface area (Å²) in [6.07, 6.45) is 4.64. The van der Waals surface area contributed by atoms with Crippen molar-refractivity contribution in [2.24, 2.45) is 5.73 Å². The molecule has 0 fully saturated rings. The molecule has 1 unspecified atom stereocenters. The van der Waals surface area contributed by atoms with Crippen molar-refractivity contribution in [2.75, 3.05) is 19.7 Å². The van der Waals surface area contributed by atoms with E-state index in [1.54, 1.807) is 6.92 Å². The Hall–Kier alpha value is -1.63. The first-order valence-electron chi connectivity index (χ1n) is 7.88. The molecule has 0 radical (unpaired) electrons. The van der Waals surface area contributed by atoms with Crippen molar-refractivity contribution in [2.45, 2.75) is 58.9 Å². The van der Waals surface area contributed by atoms with E-state index in [-0.39, 0.29) is 17.9 Å². The van der Waals surface area contributed by atoms with Gasteiger partial charge in [-0.05, 0) is 32.7 Å². The number of hydrogen-bond acceptors (Lipinski definition) is 5. The van der Waals surface area contributed by atoms with Crippen LogP contribution < -0.4 is 16.4 Å². The number of unbranched alkanes of at least 4 members (excludes halogenated alkanes) is 1. The van der Waals surface area contributed by atoms with Gasteiger partial charge in [-0.2, -0.15) is 0 Å². The van der Waals surface area contributed by atoms with Gasteiger partial charge in [0.05, 0.1) is 12.6 Å². The molecule has 0 aliphatic heterocycles. The van der Waals surface area contributed by atoms with Crippen LogP contribution in [0.2, 0.25) is 0 Å². The lowest BCUT2D eigenvalue weighted by Crippen LogP contribution is -2.41. The van der Waals surface area contributed by atoms with E-state index < -0.39 is 0 Å². The van der Waals surface area contributed by atoms with Crippen molar-refractivity contribution < 1.29 is 19.1 Å². The number of primary amides is 1. The van der Waals surface area contributed by atoms with E-state index in [1.165, 1.54) is 0 Å².